The molecule has 6 rings (SSSR count). The molecule has 0 radical (unpaired) electrons. The minimum absolute atomic E-state index is 0.0234. The van der Waals surface area contributed by atoms with Gasteiger partial charge in [-0.3, -0.25) is 4.90 Å². The first-order chi connectivity index (χ1) is 15.6. The van der Waals surface area contributed by atoms with E-state index in [4.69, 9.17) is 14.4 Å². The van der Waals surface area contributed by atoms with Gasteiger partial charge in [0.25, 0.3) is 0 Å². The van der Waals surface area contributed by atoms with Crippen molar-refractivity contribution in [2.24, 2.45) is 0 Å². The highest BCUT2D eigenvalue weighted by atomic mass is 16.3. The fourth-order valence-corrected chi connectivity index (χ4v) is 5.08. The maximum atomic E-state index is 6.42. The monoisotopic (exact) mass is 420 g/mol. The Hall–Kier alpha value is -3.86. The van der Waals surface area contributed by atoms with Gasteiger partial charge in [-0.1, -0.05) is 48.5 Å². The van der Waals surface area contributed by atoms with Gasteiger partial charge in [0.1, 0.15) is 11.7 Å². The highest BCUT2D eigenvalue weighted by Crippen LogP contribution is 2.49. The lowest BCUT2D eigenvalue weighted by Gasteiger charge is -2.31. The molecule has 0 saturated heterocycles. The van der Waals surface area contributed by atoms with Crippen molar-refractivity contribution in [2.45, 2.75) is 33.9 Å². The number of hydrogen-bond acceptors (Lipinski definition) is 5. The zero-order valence-corrected chi connectivity index (χ0v) is 18.6. The quantitative estimate of drug-likeness (QED) is 0.310. The van der Waals surface area contributed by atoms with Gasteiger partial charge in [-0.05, 0) is 50.5 Å². The first-order valence-corrected chi connectivity index (χ1v) is 10.9. The summed E-state index contributed by atoms with van der Waals surface area (Å²) in [4.78, 5) is 14.1. The van der Waals surface area contributed by atoms with Crippen molar-refractivity contribution >= 4 is 44.9 Å². The first kappa shape index (κ1) is 18.9. The smallest absolute Gasteiger partial charge is 0.178 e. The van der Waals surface area contributed by atoms with Crippen molar-refractivity contribution in [3.8, 4) is 0 Å². The maximum absolute atomic E-state index is 6.42. The molecule has 0 saturated carbocycles. The summed E-state index contributed by atoms with van der Waals surface area (Å²) in [7, 11) is 0. The fraction of sp³-hybridized carbons (Fsp3) is 0.185. The molecule has 2 aromatic heterocycles. The van der Waals surface area contributed by atoms with E-state index in [1.807, 2.05) is 12.1 Å². The van der Waals surface area contributed by atoms with Crippen molar-refractivity contribution in [2.75, 3.05) is 9.80 Å². The molecule has 5 heteroatoms. The van der Waals surface area contributed by atoms with Crippen molar-refractivity contribution in [3.63, 3.8) is 0 Å². The van der Waals surface area contributed by atoms with Gasteiger partial charge in [0, 0.05) is 23.2 Å². The molecule has 0 N–H and O–H groups in total. The third-order valence-corrected chi connectivity index (χ3v) is 6.51. The molecule has 32 heavy (non-hydrogen) atoms. The zero-order chi connectivity index (χ0) is 22.0. The molecule has 0 fully saturated rings. The molecule has 0 unspecified atom stereocenters. The Balaban J connectivity index is 1.64. The molecule has 1 atom stereocenters. The number of rotatable bonds is 2. The summed E-state index contributed by atoms with van der Waals surface area (Å²) in [6.45, 7) is 8.64. The molecule has 1 aliphatic rings. The molecule has 0 bridgehead atoms. The SMILES string of the molecule is Cc1cccc(C)c1N1c2nccnc2N(c2c(C)ccc3c2oc2ccccc23)[C@@H]1C. The Morgan fingerprint density at radius 3 is 2.03 bits per heavy atom. The lowest BCUT2D eigenvalue weighted by molar-refractivity contribution is 0.662. The van der Waals surface area contributed by atoms with Gasteiger partial charge in [0.2, 0.25) is 0 Å². The molecule has 1 aliphatic heterocycles. The summed E-state index contributed by atoms with van der Waals surface area (Å²) in [6, 6.07) is 18.9. The van der Waals surface area contributed by atoms with E-state index in [1.54, 1.807) is 12.4 Å². The normalized spacial score (nSPS) is 15.7. The predicted octanol–water partition coefficient (Wildman–Crippen LogP) is 6.94. The molecule has 5 aromatic rings. The van der Waals surface area contributed by atoms with Gasteiger partial charge in [0.05, 0.1) is 11.4 Å². The average molecular weight is 421 g/mol. The Morgan fingerprint density at radius 1 is 0.688 bits per heavy atom. The van der Waals surface area contributed by atoms with E-state index in [1.165, 1.54) is 16.8 Å². The summed E-state index contributed by atoms with van der Waals surface area (Å²) in [6.07, 6.45) is 3.51. The summed E-state index contributed by atoms with van der Waals surface area (Å²) >= 11 is 0. The molecule has 158 valence electrons. The predicted molar refractivity (Wildman–Crippen MR) is 130 cm³/mol. The Kier molecular flexibility index (Phi) is 4.02. The lowest BCUT2D eigenvalue weighted by atomic mass is 10.1. The van der Waals surface area contributed by atoms with Crippen molar-refractivity contribution in [1.29, 1.82) is 0 Å². The van der Waals surface area contributed by atoms with Crippen LogP contribution in [0.15, 0.2) is 71.4 Å². The Morgan fingerprint density at radius 2 is 1.31 bits per heavy atom. The van der Waals surface area contributed by atoms with Crippen LogP contribution in [0.1, 0.15) is 23.6 Å². The van der Waals surface area contributed by atoms with Gasteiger partial charge < -0.3 is 9.32 Å². The van der Waals surface area contributed by atoms with Crippen LogP contribution < -0.4 is 9.80 Å². The number of benzene rings is 3. The van der Waals surface area contributed by atoms with Gasteiger partial charge in [0.15, 0.2) is 17.2 Å². The Bertz CT molecular complexity index is 1480. The highest BCUT2D eigenvalue weighted by molar-refractivity contribution is 6.10. The summed E-state index contributed by atoms with van der Waals surface area (Å²) in [5, 5.41) is 2.24. The second kappa shape index (κ2) is 6.82. The number of aryl methyl sites for hydroxylation is 3. The van der Waals surface area contributed by atoms with Gasteiger partial charge in [-0.2, -0.15) is 0 Å². The van der Waals surface area contributed by atoms with E-state index >= 15 is 0 Å². The van der Waals surface area contributed by atoms with Crippen LogP contribution in [0.4, 0.5) is 23.0 Å². The van der Waals surface area contributed by atoms with E-state index < -0.39 is 0 Å². The maximum Gasteiger partial charge on any atom is 0.178 e. The van der Waals surface area contributed by atoms with Crippen LogP contribution in [-0.2, 0) is 0 Å². The van der Waals surface area contributed by atoms with Crippen LogP contribution in [0, 0.1) is 20.8 Å². The molecule has 0 aliphatic carbocycles. The molecule has 3 heterocycles. The standard InChI is InChI=1S/C27H24N4O/c1-16-8-7-9-17(2)23(16)30-19(4)31(27-26(30)28-14-15-29-27)24-18(3)12-13-21-20-10-5-6-11-22(20)32-25(21)24/h5-15,19H,1-4H3/t19-/m1/s1. The van der Waals surface area contributed by atoms with Gasteiger partial charge in [-0.15, -0.1) is 0 Å². The molecular weight excluding hydrogens is 396 g/mol. The number of anilines is 4. The van der Waals surface area contributed by atoms with Crippen molar-refractivity contribution in [1.82, 2.24) is 9.97 Å². The lowest BCUT2D eigenvalue weighted by Crippen LogP contribution is -2.36. The summed E-state index contributed by atoms with van der Waals surface area (Å²) in [5.74, 6) is 1.71. The molecule has 5 nitrogen and oxygen atoms in total. The van der Waals surface area contributed by atoms with E-state index in [9.17, 15) is 0 Å². The number of aromatic nitrogens is 2. The van der Waals surface area contributed by atoms with Crippen LogP contribution >= 0.6 is 0 Å². The first-order valence-electron chi connectivity index (χ1n) is 10.9. The number of para-hydroxylation sites is 2. The van der Waals surface area contributed by atoms with E-state index in [2.05, 4.69) is 80.0 Å². The second-order valence-electron chi connectivity index (χ2n) is 8.52. The highest BCUT2D eigenvalue weighted by Gasteiger charge is 2.40. The topological polar surface area (TPSA) is 45.4 Å². The Labute approximate surface area is 186 Å². The largest absolute Gasteiger partial charge is 0.454 e. The van der Waals surface area contributed by atoms with Crippen molar-refractivity contribution in [3.05, 3.63) is 83.7 Å². The average Bonchev–Trinajstić information content (AvgIpc) is 3.30. The van der Waals surface area contributed by atoms with Gasteiger partial charge >= 0.3 is 0 Å². The molecular formula is C27H24N4O. The van der Waals surface area contributed by atoms with Crippen molar-refractivity contribution < 1.29 is 4.42 Å². The van der Waals surface area contributed by atoms with Crippen LogP contribution in [-0.4, -0.2) is 16.1 Å². The second-order valence-corrected chi connectivity index (χ2v) is 8.52. The van der Waals surface area contributed by atoms with E-state index in [0.29, 0.717) is 0 Å². The minimum atomic E-state index is -0.0234. The number of hydrogen-bond donors (Lipinski definition) is 0. The molecule has 3 aromatic carbocycles. The third kappa shape index (κ3) is 2.51. The summed E-state index contributed by atoms with van der Waals surface area (Å²) < 4.78 is 6.42. The number of fused-ring (bicyclic) bond motifs is 4. The van der Waals surface area contributed by atoms with Crippen LogP contribution in [0.2, 0.25) is 0 Å². The third-order valence-electron chi connectivity index (χ3n) is 6.51. The minimum Gasteiger partial charge on any atom is -0.454 e. The fourth-order valence-electron chi connectivity index (χ4n) is 5.08. The number of furan rings is 1. The zero-order valence-electron chi connectivity index (χ0n) is 18.6. The van der Waals surface area contributed by atoms with E-state index in [-0.39, 0.29) is 6.17 Å². The molecule has 0 amide bonds. The van der Waals surface area contributed by atoms with E-state index in [0.717, 1.165) is 44.8 Å². The summed E-state index contributed by atoms with van der Waals surface area (Å²) in [5.41, 5.74) is 7.58. The van der Waals surface area contributed by atoms with Gasteiger partial charge in [-0.25, -0.2) is 9.97 Å². The van der Waals surface area contributed by atoms with Crippen LogP contribution in [0.3, 0.4) is 0 Å². The van der Waals surface area contributed by atoms with Crippen LogP contribution in [0.25, 0.3) is 21.9 Å². The molecule has 0 spiro atoms. The van der Waals surface area contributed by atoms with Crippen LogP contribution in [0.5, 0.6) is 0 Å². The number of nitrogens with zero attached hydrogens (tertiary/aromatic N) is 4.